The number of amides is 1. The molecule has 0 saturated heterocycles. The number of anilines is 1. The molecule has 4 rings (SSSR count). The lowest BCUT2D eigenvalue weighted by molar-refractivity contribution is 0.100. The predicted octanol–water partition coefficient (Wildman–Crippen LogP) is 2.70. The van der Waals surface area contributed by atoms with Gasteiger partial charge in [-0.25, -0.2) is 9.50 Å². The van der Waals surface area contributed by atoms with Gasteiger partial charge in [-0.05, 0) is 23.8 Å². The van der Waals surface area contributed by atoms with E-state index in [1.807, 2.05) is 30.3 Å². The van der Waals surface area contributed by atoms with E-state index in [0.717, 1.165) is 5.56 Å². The molecule has 3 N–H and O–H groups in total. The van der Waals surface area contributed by atoms with E-state index >= 15 is 0 Å². The van der Waals surface area contributed by atoms with Crippen LogP contribution in [0.25, 0.3) is 17.1 Å². The Balaban J connectivity index is 1.72. The highest BCUT2D eigenvalue weighted by molar-refractivity contribution is 6.04. The fraction of sp³-hybridized carbons (Fsp3) is 0.0556. The van der Waals surface area contributed by atoms with Gasteiger partial charge in [0, 0.05) is 12.7 Å². The summed E-state index contributed by atoms with van der Waals surface area (Å²) < 4.78 is 6.87. The van der Waals surface area contributed by atoms with Crippen molar-refractivity contribution in [2.45, 2.75) is 6.54 Å². The number of carbonyl (C=O) groups is 1. The van der Waals surface area contributed by atoms with Gasteiger partial charge in [0.25, 0.3) is 5.91 Å². The number of nitrogens with one attached hydrogen (secondary N) is 1. The summed E-state index contributed by atoms with van der Waals surface area (Å²) in [7, 11) is 0. The summed E-state index contributed by atoms with van der Waals surface area (Å²) in [5, 5.41) is 7.60. The Kier molecular flexibility index (Phi) is 3.66. The van der Waals surface area contributed by atoms with Crippen LogP contribution in [0.3, 0.4) is 0 Å². The van der Waals surface area contributed by atoms with Crippen LogP contribution in [-0.2, 0) is 6.54 Å². The smallest absolute Gasteiger partial charge is 0.254 e. The fourth-order valence-electron chi connectivity index (χ4n) is 2.63. The van der Waals surface area contributed by atoms with Crippen LogP contribution in [0.1, 0.15) is 15.9 Å². The number of hydrogen-bond donors (Lipinski definition) is 2. The van der Waals surface area contributed by atoms with Gasteiger partial charge in [0.15, 0.2) is 11.4 Å². The molecule has 3 heterocycles. The predicted molar refractivity (Wildman–Crippen MR) is 93.0 cm³/mol. The minimum atomic E-state index is -0.603. The average Bonchev–Trinajstić information content (AvgIpc) is 3.27. The largest absolute Gasteiger partial charge is 0.463 e. The van der Waals surface area contributed by atoms with E-state index in [-0.39, 0.29) is 5.56 Å². The van der Waals surface area contributed by atoms with Gasteiger partial charge >= 0.3 is 0 Å². The second-order valence-corrected chi connectivity index (χ2v) is 5.49. The maximum Gasteiger partial charge on any atom is 0.254 e. The van der Waals surface area contributed by atoms with Gasteiger partial charge in [-0.15, -0.1) is 0 Å². The molecule has 1 amide bonds. The Morgan fingerprint density at radius 2 is 2.00 bits per heavy atom. The summed E-state index contributed by atoms with van der Waals surface area (Å²) >= 11 is 0. The molecule has 0 fully saturated rings. The molecule has 4 aromatic rings. The number of rotatable bonds is 5. The van der Waals surface area contributed by atoms with Crippen molar-refractivity contribution in [3.8, 4) is 11.5 Å². The Labute approximate surface area is 143 Å². The Morgan fingerprint density at radius 1 is 1.16 bits per heavy atom. The van der Waals surface area contributed by atoms with E-state index < -0.39 is 5.91 Å². The molecule has 0 aliphatic carbocycles. The highest BCUT2D eigenvalue weighted by Gasteiger charge is 2.22. The zero-order valence-electron chi connectivity index (χ0n) is 13.2. The summed E-state index contributed by atoms with van der Waals surface area (Å²) in [6.07, 6.45) is 3.25. The number of fused-ring (bicyclic) bond motifs is 1. The number of benzene rings is 1. The van der Waals surface area contributed by atoms with Crippen molar-refractivity contribution in [2.75, 3.05) is 5.32 Å². The molecule has 7 nitrogen and oxygen atoms in total. The van der Waals surface area contributed by atoms with Crippen molar-refractivity contribution in [1.29, 1.82) is 0 Å². The molecule has 0 radical (unpaired) electrons. The van der Waals surface area contributed by atoms with Crippen LogP contribution in [0, 0.1) is 0 Å². The number of aromatic nitrogens is 3. The lowest BCUT2D eigenvalue weighted by Crippen LogP contribution is -2.12. The van der Waals surface area contributed by atoms with Crippen LogP contribution in [0.4, 0.5) is 5.82 Å². The highest BCUT2D eigenvalue weighted by Crippen LogP contribution is 2.26. The summed E-state index contributed by atoms with van der Waals surface area (Å²) in [6.45, 7) is 0.620. The second kappa shape index (κ2) is 6.12. The van der Waals surface area contributed by atoms with Crippen LogP contribution in [0.2, 0.25) is 0 Å². The normalized spacial score (nSPS) is 10.9. The van der Waals surface area contributed by atoms with Crippen LogP contribution >= 0.6 is 0 Å². The van der Waals surface area contributed by atoms with Crippen molar-refractivity contribution in [2.24, 2.45) is 5.73 Å². The third kappa shape index (κ3) is 2.83. The number of furan rings is 1. The summed E-state index contributed by atoms with van der Waals surface area (Å²) in [4.78, 5) is 16.4. The molecule has 1 aromatic carbocycles. The standard InChI is InChI=1S/C18H15N5O2/c19-17(24)15-16(13-7-4-10-25-13)22-23-9-8-14(21-18(15)23)20-11-12-5-2-1-3-6-12/h1-10H,11H2,(H2,19,24)(H,20,21). The van der Waals surface area contributed by atoms with E-state index in [0.29, 0.717) is 29.5 Å². The first-order chi connectivity index (χ1) is 12.2. The highest BCUT2D eigenvalue weighted by atomic mass is 16.3. The second-order valence-electron chi connectivity index (χ2n) is 5.49. The first-order valence-corrected chi connectivity index (χ1v) is 7.73. The Hall–Kier alpha value is -3.61. The molecule has 0 aliphatic rings. The number of nitrogens with zero attached hydrogens (tertiary/aromatic N) is 3. The maximum atomic E-state index is 11.9. The third-order valence-electron chi connectivity index (χ3n) is 3.80. The van der Waals surface area contributed by atoms with Crippen molar-refractivity contribution in [1.82, 2.24) is 14.6 Å². The quantitative estimate of drug-likeness (QED) is 0.585. The Morgan fingerprint density at radius 3 is 2.72 bits per heavy atom. The third-order valence-corrected chi connectivity index (χ3v) is 3.80. The van der Waals surface area contributed by atoms with Gasteiger partial charge < -0.3 is 15.5 Å². The van der Waals surface area contributed by atoms with Crippen LogP contribution < -0.4 is 11.1 Å². The number of carbonyl (C=O) groups excluding carboxylic acids is 1. The van der Waals surface area contributed by atoms with Crippen molar-refractivity contribution < 1.29 is 9.21 Å². The zero-order valence-corrected chi connectivity index (χ0v) is 13.2. The molecule has 3 aromatic heterocycles. The molecule has 0 aliphatic heterocycles. The molecule has 0 atom stereocenters. The van der Waals surface area contributed by atoms with Crippen LogP contribution in [0.5, 0.6) is 0 Å². The molecule has 0 unspecified atom stereocenters. The van der Waals surface area contributed by atoms with Gasteiger partial charge in [-0.2, -0.15) is 5.10 Å². The SMILES string of the molecule is NC(=O)c1c(-c2ccco2)nn2ccc(NCc3ccccc3)nc12. The monoisotopic (exact) mass is 333 g/mol. The van der Waals surface area contributed by atoms with Crippen molar-refractivity contribution in [3.05, 3.63) is 72.1 Å². The summed E-state index contributed by atoms with van der Waals surface area (Å²) in [5.41, 5.74) is 7.68. The maximum absolute atomic E-state index is 11.9. The van der Waals surface area contributed by atoms with Gasteiger partial charge in [-0.1, -0.05) is 30.3 Å². The van der Waals surface area contributed by atoms with Crippen LogP contribution in [-0.4, -0.2) is 20.5 Å². The molecule has 0 spiro atoms. The number of hydrogen-bond acceptors (Lipinski definition) is 5. The first-order valence-electron chi connectivity index (χ1n) is 7.73. The number of nitrogens with two attached hydrogens (primary N) is 1. The summed E-state index contributed by atoms with van der Waals surface area (Å²) in [6, 6.07) is 15.2. The van der Waals surface area contributed by atoms with E-state index in [4.69, 9.17) is 10.2 Å². The van der Waals surface area contributed by atoms with Gasteiger partial charge in [0.2, 0.25) is 0 Å². The number of primary amides is 1. The first kappa shape index (κ1) is 14.9. The van der Waals surface area contributed by atoms with Gasteiger partial charge in [0.1, 0.15) is 17.1 Å². The molecule has 0 bridgehead atoms. The molecule has 0 saturated carbocycles. The minimum Gasteiger partial charge on any atom is -0.463 e. The lowest BCUT2D eigenvalue weighted by atomic mass is 10.2. The molecule has 25 heavy (non-hydrogen) atoms. The fourth-order valence-corrected chi connectivity index (χ4v) is 2.63. The minimum absolute atomic E-state index is 0.235. The topological polar surface area (TPSA) is 98.5 Å². The van der Waals surface area contributed by atoms with E-state index in [2.05, 4.69) is 15.4 Å². The van der Waals surface area contributed by atoms with E-state index in [1.54, 1.807) is 24.4 Å². The Bertz CT molecular complexity index is 1020. The molecular weight excluding hydrogens is 318 g/mol. The van der Waals surface area contributed by atoms with Crippen LogP contribution in [0.15, 0.2) is 65.4 Å². The zero-order chi connectivity index (χ0) is 17.2. The van der Waals surface area contributed by atoms with Gasteiger partial charge in [0.05, 0.1) is 6.26 Å². The molecule has 124 valence electrons. The van der Waals surface area contributed by atoms with Crippen molar-refractivity contribution in [3.63, 3.8) is 0 Å². The van der Waals surface area contributed by atoms with E-state index in [1.165, 1.54) is 10.8 Å². The van der Waals surface area contributed by atoms with Gasteiger partial charge in [-0.3, -0.25) is 4.79 Å². The molecular formula is C18H15N5O2. The lowest BCUT2D eigenvalue weighted by Gasteiger charge is -2.06. The summed E-state index contributed by atoms with van der Waals surface area (Å²) in [5.74, 6) is 0.497. The van der Waals surface area contributed by atoms with E-state index in [9.17, 15) is 4.79 Å². The molecule has 7 heteroatoms. The van der Waals surface area contributed by atoms with Crippen molar-refractivity contribution >= 4 is 17.4 Å². The average molecular weight is 333 g/mol.